The van der Waals surface area contributed by atoms with Gasteiger partial charge in [-0.1, -0.05) is 4.49 Å². The molecule has 2 aromatic heterocycles. The summed E-state index contributed by atoms with van der Waals surface area (Å²) in [6.45, 7) is 2.01. The number of thiophene rings is 1. The number of hydrogen-bond donors (Lipinski definition) is 1. The fraction of sp³-hybridized carbons (Fsp3) is 0.400. The minimum absolute atomic E-state index is 0.333. The zero-order chi connectivity index (χ0) is 10.7. The minimum atomic E-state index is 0.333. The van der Waals surface area contributed by atoms with Gasteiger partial charge in [0, 0.05) is 6.04 Å². The maximum atomic E-state index is 4.05. The fourth-order valence-corrected chi connectivity index (χ4v) is 2.96. The molecule has 0 saturated heterocycles. The van der Waals surface area contributed by atoms with Gasteiger partial charge in [-0.15, -0.1) is 5.10 Å². The molecule has 3 nitrogen and oxygen atoms in total. The van der Waals surface area contributed by atoms with E-state index >= 15 is 0 Å². The predicted octanol–water partition coefficient (Wildman–Crippen LogP) is 2.41. The molecule has 0 bridgehead atoms. The second-order valence-corrected chi connectivity index (χ2v) is 4.97. The van der Waals surface area contributed by atoms with Gasteiger partial charge in [0.1, 0.15) is 0 Å². The number of aromatic nitrogens is 2. The van der Waals surface area contributed by atoms with Gasteiger partial charge in [0.25, 0.3) is 0 Å². The number of nitrogens with one attached hydrogen (secondary N) is 1. The highest BCUT2D eigenvalue weighted by Crippen LogP contribution is 2.23. The lowest BCUT2D eigenvalue weighted by atomic mass is 10.1. The van der Waals surface area contributed by atoms with E-state index in [2.05, 4.69) is 31.7 Å². The highest BCUT2D eigenvalue weighted by Gasteiger charge is 2.15. The van der Waals surface area contributed by atoms with Crippen molar-refractivity contribution in [3.63, 3.8) is 0 Å². The lowest BCUT2D eigenvalue weighted by molar-refractivity contribution is 0.598. The molecule has 0 amide bonds. The molecule has 0 aliphatic rings. The SMILES string of the molecule is CNC(Cc1ccsc1)c1snnc1C. The van der Waals surface area contributed by atoms with E-state index in [9.17, 15) is 0 Å². The standard InChI is InChI=1S/C10H13N3S2/c1-7-10(15-13-12-7)9(11-2)5-8-3-4-14-6-8/h3-4,6,9,11H,5H2,1-2H3. The van der Waals surface area contributed by atoms with E-state index in [1.807, 2.05) is 14.0 Å². The minimum Gasteiger partial charge on any atom is -0.312 e. The maximum absolute atomic E-state index is 4.05. The summed E-state index contributed by atoms with van der Waals surface area (Å²) in [7, 11) is 1.98. The van der Waals surface area contributed by atoms with Crippen molar-refractivity contribution in [1.29, 1.82) is 0 Å². The Morgan fingerprint density at radius 2 is 2.40 bits per heavy atom. The molecule has 0 fully saturated rings. The van der Waals surface area contributed by atoms with Crippen molar-refractivity contribution < 1.29 is 0 Å². The quantitative estimate of drug-likeness (QED) is 0.890. The van der Waals surface area contributed by atoms with Crippen molar-refractivity contribution in [1.82, 2.24) is 14.9 Å². The maximum Gasteiger partial charge on any atom is 0.0772 e. The molecule has 15 heavy (non-hydrogen) atoms. The van der Waals surface area contributed by atoms with Gasteiger partial charge in [-0.05, 0) is 54.3 Å². The monoisotopic (exact) mass is 239 g/mol. The Hall–Kier alpha value is -0.780. The van der Waals surface area contributed by atoms with Crippen LogP contribution in [-0.2, 0) is 6.42 Å². The molecule has 1 atom stereocenters. The highest BCUT2D eigenvalue weighted by atomic mass is 32.1. The molecule has 1 N–H and O–H groups in total. The van der Waals surface area contributed by atoms with Crippen molar-refractivity contribution in [2.75, 3.05) is 7.05 Å². The molecule has 1 unspecified atom stereocenters. The van der Waals surface area contributed by atoms with Crippen LogP contribution in [0.2, 0.25) is 0 Å². The summed E-state index contributed by atoms with van der Waals surface area (Å²) >= 11 is 3.22. The molecule has 80 valence electrons. The Labute approximate surface area is 97.3 Å². The lowest BCUT2D eigenvalue weighted by Crippen LogP contribution is -2.18. The third-order valence-corrected chi connectivity index (χ3v) is 4.04. The van der Waals surface area contributed by atoms with E-state index in [0.29, 0.717) is 6.04 Å². The number of likely N-dealkylation sites (N-methyl/N-ethyl adjacent to an activating group) is 1. The summed E-state index contributed by atoms with van der Waals surface area (Å²) in [5.41, 5.74) is 2.40. The average molecular weight is 239 g/mol. The largest absolute Gasteiger partial charge is 0.312 e. The second-order valence-electron chi connectivity index (χ2n) is 3.40. The molecule has 0 aliphatic carbocycles. The summed E-state index contributed by atoms with van der Waals surface area (Å²) in [6.07, 6.45) is 1.00. The first-order valence-corrected chi connectivity index (χ1v) is 6.50. The molecule has 0 saturated carbocycles. The smallest absolute Gasteiger partial charge is 0.0772 e. The van der Waals surface area contributed by atoms with Crippen LogP contribution in [0.15, 0.2) is 16.8 Å². The molecule has 2 heterocycles. The average Bonchev–Trinajstić information content (AvgIpc) is 2.85. The normalized spacial score (nSPS) is 12.9. The van der Waals surface area contributed by atoms with Crippen LogP contribution in [0.25, 0.3) is 0 Å². The van der Waals surface area contributed by atoms with Crippen LogP contribution in [-0.4, -0.2) is 16.6 Å². The van der Waals surface area contributed by atoms with E-state index in [4.69, 9.17) is 0 Å². The molecule has 0 aliphatic heterocycles. The van der Waals surface area contributed by atoms with Gasteiger partial charge in [-0.3, -0.25) is 0 Å². The van der Waals surface area contributed by atoms with Crippen LogP contribution in [0.4, 0.5) is 0 Å². The summed E-state index contributed by atoms with van der Waals surface area (Å²) in [4.78, 5) is 1.24. The Balaban J connectivity index is 2.15. The first kappa shape index (κ1) is 10.7. The first-order valence-electron chi connectivity index (χ1n) is 4.78. The molecular formula is C10H13N3S2. The van der Waals surface area contributed by atoms with E-state index in [1.54, 1.807) is 11.3 Å². The number of aryl methyl sites for hydroxylation is 1. The van der Waals surface area contributed by atoms with Crippen molar-refractivity contribution in [3.8, 4) is 0 Å². The van der Waals surface area contributed by atoms with Crippen molar-refractivity contribution in [2.24, 2.45) is 0 Å². The topological polar surface area (TPSA) is 37.8 Å². The lowest BCUT2D eigenvalue weighted by Gasteiger charge is -2.13. The van der Waals surface area contributed by atoms with Crippen molar-refractivity contribution >= 4 is 22.9 Å². The third kappa shape index (κ3) is 2.42. The van der Waals surface area contributed by atoms with E-state index in [0.717, 1.165) is 12.1 Å². The Bertz CT molecular complexity index is 408. The molecule has 0 radical (unpaired) electrons. The van der Waals surface area contributed by atoms with Gasteiger partial charge in [-0.25, -0.2) is 0 Å². The summed E-state index contributed by atoms with van der Waals surface area (Å²) in [5.74, 6) is 0. The molecular weight excluding hydrogens is 226 g/mol. The highest BCUT2D eigenvalue weighted by molar-refractivity contribution is 7.08. The van der Waals surface area contributed by atoms with Gasteiger partial charge in [0.2, 0.25) is 0 Å². The van der Waals surface area contributed by atoms with Crippen LogP contribution in [0.1, 0.15) is 22.2 Å². The van der Waals surface area contributed by atoms with Gasteiger partial charge < -0.3 is 5.32 Å². The summed E-state index contributed by atoms with van der Waals surface area (Å²) in [5, 5.41) is 11.7. The van der Waals surface area contributed by atoms with Crippen LogP contribution < -0.4 is 5.32 Å². The molecule has 0 aromatic carbocycles. The van der Waals surface area contributed by atoms with Gasteiger partial charge >= 0.3 is 0 Å². The van der Waals surface area contributed by atoms with Gasteiger partial charge in [0.05, 0.1) is 10.6 Å². The van der Waals surface area contributed by atoms with Gasteiger partial charge in [-0.2, -0.15) is 11.3 Å². The first-order chi connectivity index (χ1) is 7.31. The van der Waals surface area contributed by atoms with E-state index in [1.165, 1.54) is 22.0 Å². The Morgan fingerprint density at radius 3 is 2.93 bits per heavy atom. The number of hydrogen-bond acceptors (Lipinski definition) is 5. The number of nitrogens with zero attached hydrogens (tertiary/aromatic N) is 2. The zero-order valence-corrected chi connectivity index (χ0v) is 10.4. The van der Waals surface area contributed by atoms with Crippen LogP contribution in [0.5, 0.6) is 0 Å². The fourth-order valence-electron chi connectivity index (χ4n) is 1.53. The third-order valence-electron chi connectivity index (χ3n) is 2.37. The Kier molecular flexibility index (Phi) is 3.45. The number of rotatable bonds is 4. The Morgan fingerprint density at radius 1 is 1.53 bits per heavy atom. The summed E-state index contributed by atoms with van der Waals surface area (Å²) < 4.78 is 3.97. The van der Waals surface area contributed by atoms with E-state index in [-0.39, 0.29) is 0 Å². The van der Waals surface area contributed by atoms with Crippen LogP contribution >= 0.6 is 22.9 Å². The molecule has 2 rings (SSSR count). The zero-order valence-electron chi connectivity index (χ0n) is 8.73. The van der Waals surface area contributed by atoms with Crippen molar-refractivity contribution in [2.45, 2.75) is 19.4 Å². The van der Waals surface area contributed by atoms with Crippen LogP contribution in [0, 0.1) is 6.92 Å². The predicted molar refractivity (Wildman–Crippen MR) is 64.5 cm³/mol. The molecule has 0 spiro atoms. The molecule has 5 heteroatoms. The van der Waals surface area contributed by atoms with Crippen LogP contribution in [0.3, 0.4) is 0 Å². The summed E-state index contributed by atoms with van der Waals surface area (Å²) in [6, 6.07) is 2.50. The van der Waals surface area contributed by atoms with Gasteiger partial charge in [0.15, 0.2) is 0 Å². The molecule has 2 aromatic rings. The van der Waals surface area contributed by atoms with E-state index < -0.39 is 0 Å². The second kappa shape index (κ2) is 4.83. The van der Waals surface area contributed by atoms with Crippen molar-refractivity contribution in [3.05, 3.63) is 33.0 Å².